The molecule has 3 atom stereocenters. The molecule has 4 aromatic rings. The second-order valence-corrected chi connectivity index (χ2v) is 9.37. The van der Waals surface area contributed by atoms with Gasteiger partial charge in [0.1, 0.15) is 11.0 Å². The average molecular weight is 474 g/mol. The van der Waals surface area contributed by atoms with E-state index in [-0.39, 0.29) is 17.9 Å². The molecule has 10 nitrogen and oxygen atoms in total. The number of carbonyl (C=O) groups excluding carboxylic acids is 1. The molecule has 0 spiro atoms. The predicted octanol–water partition coefficient (Wildman–Crippen LogP) is 3.69. The van der Waals surface area contributed by atoms with E-state index in [1.54, 1.807) is 19.3 Å². The van der Waals surface area contributed by atoms with Crippen LogP contribution >= 0.6 is 0 Å². The summed E-state index contributed by atoms with van der Waals surface area (Å²) < 4.78 is 11.8. The lowest BCUT2D eigenvalue weighted by atomic mass is 10.1. The van der Waals surface area contributed by atoms with Gasteiger partial charge in [-0.1, -0.05) is 6.92 Å². The lowest BCUT2D eigenvalue weighted by Gasteiger charge is -2.32. The average Bonchev–Trinajstić information content (AvgIpc) is 3.45. The van der Waals surface area contributed by atoms with E-state index >= 15 is 0 Å². The van der Waals surface area contributed by atoms with Crippen molar-refractivity contribution in [3.05, 3.63) is 30.5 Å². The second-order valence-electron chi connectivity index (χ2n) is 9.37. The zero-order valence-corrected chi connectivity index (χ0v) is 19.9. The van der Waals surface area contributed by atoms with Crippen LogP contribution in [0.25, 0.3) is 33.5 Å². The molecule has 1 amide bonds. The summed E-state index contributed by atoms with van der Waals surface area (Å²) in [5.41, 5.74) is 3.80. The Hall–Kier alpha value is -3.79. The highest BCUT2D eigenvalue weighted by Gasteiger charge is 2.39. The topological polar surface area (TPSA) is 118 Å². The molecule has 1 aromatic carbocycles. The molecule has 0 unspecified atom stereocenters. The number of fused-ring (bicyclic) bond motifs is 2. The minimum atomic E-state index is -0.0255. The maximum atomic E-state index is 12.5. The fourth-order valence-electron chi connectivity index (χ4n) is 4.63. The Balaban J connectivity index is 1.39. The fourth-order valence-corrected chi connectivity index (χ4v) is 4.63. The number of rotatable bonds is 5. The molecular formula is C25H27N7O3. The van der Waals surface area contributed by atoms with E-state index < -0.39 is 0 Å². The summed E-state index contributed by atoms with van der Waals surface area (Å²) in [4.78, 5) is 24.0. The lowest BCUT2D eigenvalue weighted by Crippen LogP contribution is -2.41. The van der Waals surface area contributed by atoms with E-state index in [0.717, 1.165) is 36.1 Å². The molecule has 10 heteroatoms. The lowest BCUT2D eigenvalue weighted by molar-refractivity contribution is -0.117. The number of amides is 1. The summed E-state index contributed by atoms with van der Waals surface area (Å²) in [5.74, 6) is 1.85. The third-order valence-electron chi connectivity index (χ3n) is 6.77. The highest BCUT2D eigenvalue weighted by Crippen LogP contribution is 2.39. The number of benzene rings is 1. The first-order valence-corrected chi connectivity index (χ1v) is 11.9. The summed E-state index contributed by atoms with van der Waals surface area (Å²) in [6, 6.07) is 7.84. The van der Waals surface area contributed by atoms with E-state index in [4.69, 9.17) is 14.1 Å². The summed E-state index contributed by atoms with van der Waals surface area (Å²) in [7, 11) is 1.78. The van der Waals surface area contributed by atoms with Crippen molar-refractivity contribution in [1.82, 2.24) is 20.2 Å². The monoisotopic (exact) mass is 473 g/mol. The molecule has 0 radical (unpaired) electrons. The number of morpholine rings is 1. The van der Waals surface area contributed by atoms with Gasteiger partial charge in [-0.25, -0.2) is 9.97 Å². The molecule has 180 valence electrons. The van der Waals surface area contributed by atoms with Gasteiger partial charge >= 0.3 is 0 Å². The third-order valence-corrected chi connectivity index (χ3v) is 6.77. The van der Waals surface area contributed by atoms with Crippen molar-refractivity contribution in [2.75, 3.05) is 42.3 Å². The van der Waals surface area contributed by atoms with Crippen LogP contribution in [-0.4, -0.2) is 58.9 Å². The van der Waals surface area contributed by atoms with Crippen molar-refractivity contribution >= 4 is 45.2 Å². The fraction of sp³-hybridized carbons (Fsp3) is 0.400. The van der Waals surface area contributed by atoms with Gasteiger partial charge in [0.15, 0.2) is 17.2 Å². The summed E-state index contributed by atoms with van der Waals surface area (Å²) in [6.45, 7) is 6.53. The Morgan fingerprint density at radius 2 is 2.06 bits per heavy atom. The zero-order valence-electron chi connectivity index (χ0n) is 19.9. The van der Waals surface area contributed by atoms with E-state index in [0.29, 0.717) is 46.7 Å². The normalized spacial score (nSPS) is 21.9. The predicted molar refractivity (Wildman–Crippen MR) is 133 cm³/mol. The van der Waals surface area contributed by atoms with Gasteiger partial charge < -0.3 is 24.7 Å². The molecule has 1 saturated carbocycles. The summed E-state index contributed by atoms with van der Waals surface area (Å²) >= 11 is 0. The molecular weight excluding hydrogens is 446 g/mol. The number of nitrogens with one attached hydrogen (secondary N) is 2. The van der Waals surface area contributed by atoms with Crippen molar-refractivity contribution in [2.45, 2.75) is 26.4 Å². The third kappa shape index (κ3) is 4.03. The molecule has 2 N–H and O–H groups in total. The number of ether oxygens (including phenoxy) is 1. The van der Waals surface area contributed by atoms with Crippen molar-refractivity contribution in [3.63, 3.8) is 0 Å². The number of oxazole rings is 1. The van der Waals surface area contributed by atoms with Crippen LogP contribution < -0.4 is 15.5 Å². The molecule has 0 bridgehead atoms. The van der Waals surface area contributed by atoms with Crippen molar-refractivity contribution in [3.8, 4) is 11.5 Å². The van der Waals surface area contributed by atoms with Crippen LogP contribution in [0, 0.1) is 11.8 Å². The number of hydrogen-bond donors (Lipinski definition) is 2. The maximum Gasteiger partial charge on any atom is 0.229 e. The van der Waals surface area contributed by atoms with E-state index in [9.17, 15) is 4.79 Å². The maximum absolute atomic E-state index is 12.5. The van der Waals surface area contributed by atoms with Gasteiger partial charge in [-0.3, -0.25) is 4.79 Å². The molecule has 1 aliphatic carbocycles. The van der Waals surface area contributed by atoms with Crippen LogP contribution in [0.2, 0.25) is 0 Å². The first kappa shape index (κ1) is 21.7. The van der Waals surface area contributed by atoms with E-state index in [1.165, 1.54) is 0 Å². The number of anilines is 3. The Morgan fingerprint density at radius 3 is 2.83 bits per heavy atom. The molecule has 3 aromatic heterocycles. The molecule has 4 heterocycles. The van der Waals surface area contributed by atoms with Crippen LogP contribution in [0.4, 0.5) is 17.3 Å². The summed E-state index contributed by atoms with van der Waals surface area (Å²) in [5, 5.41) is 15.2. The van der Waals surface area contributed by atoms with Crippen molar-refractivity contribution in [2.24, 2.45) is 11.8 Å². The van der Waals surface area contributed by atoms with Gasteiger partial charge in [0.05, 0.1) is 18.3 Å². The van der Waals surface area contributed by atoms with Crippen LogP contribution in [0.15, 0.2) is 34.9 Å². The van der Waals surface area contributed by atoms with E-state index in [2.05, 4.69) is 44.6 Å². The minimum absolute atomic E-state index is 0.0255. The SMILES string of the molecule is CNc1ncc(-c2nc3cc(N4CCO[C@@H](C)C4)ccc3o2)c2cc(NC(=O)[C@H]3C[C@H]3C)nnc12. The Bertz CT molecular complexity index is 1440. The number of hydrogen-bond acceptors (Lipinski definition) is 9. The highest BCUT2D eigenvalue weighted by molar-refractivity contribution is 6.01. The van der Waals surface area contributed by atoms with Crippen LogP contribution in [-0.2, 0) is 9.53 Å². The molecule has 1 saturated heterocycles. The molecule has 2 aliphatic rings. The van der Waals surface area contributed by atoms with E-state index in [1.807, 2.05) is 18.2 Å². The Kier molecular flexibility index (Phi) is 5.25. The first-order valence-electron chi connectivity index (χ1n) is 11.9. The van der Waals surface area contributed by atoms with Crippen molar-refractivity contribution in [1.29, 1.82) is 0 Å². The first-order chi connectivity index (χ1) is 17.0. The van der Waals surface area contributed by atoms with Gasteiger partial charge in [0.25, 0.3) is 0 Å². The van der Waals surface area contributed by atoms with Gasteiger partial charge in [-0.15, -0.1) is 10.2 Å². The standard InChI is InChI=1S/C25H27N7O3/c1-13-8-16(13)24(33)29-21-10-17-18(11-27-23(26-3)22(17)31-30-21)25-28-19-9-15(4-5-20(19)35-25)32-6-7-34-14(2)12-32/h4-5,9-11,13-14,16H,6-8,12H2,1-3H3,(H,26,27)(H,29,30,33)/t13-,14+,16+/m1/s1. The van der Waals surface area contributed by atoms with Crippen LogP contribution in [0.5, 0.6) is 0 Å². The van der Waals surface area contributed by atoms with Crippen LogP contribution in [0.1, 0.15) is 20.3 Å². The number of aromatic nitrogens is 4. The van der Waals surface area contributed by atoms with Gasteiger partial charge in [0, 0.05) is 43.3 Å². The quantitative estimate of drug-likeness (QED) is 0.447. The number of carbonyl (C=O) groups is 1. The van der Waals surface area contributed by atoms with Gasteiger partial charge in [-0.05, 0) is 43.5 Å². The van der Waals surface area contributed by atoms with Crippen LogP contribution in [0.3, 0.4) is 0 Å². The second kappa shape index (κ2) is 8.46. The molecule has 1 aliphatic heterocycles. The Morgan fingerprint density at radius 1 is 1.20 bits per heavy atom. The molecule has 2 fully saturated rings. The summed E-state index contributed by atoms with van der Waals surface area (Å²) in [6.07, 6.45) is 2.80. The minimum Gasteiger partial charge on any atom is -0.436 e. The highest BCUT2D eigenvalue weighted by atomic mass is 16.5. The number of pyridine rings is 1. The number of nitrogens with zero attached hydrogens (tertiary/aromatic N) is 5. The van der Waals surface area contributed by atoms with Gasteiger partial charge in [0.2, 0.25) is 11.8 Å². The smallest absolute Gasteiger partial charge is 0.229 e. The zero-order chi connectivity index (χ0) is 24.1. The molecule has 6 rings (SSSR count). The van der Waals surface area contributed by atoms with Crippen molar-refractivity contribution < 1.29 is 13.9 Å². The Labute approximate surface area is 202 Å². The molecule has 35 heavy (non-hydrogen) atoms. The largest absolute Gasteiger partial charge is 0.436 e. The van der Waals surface area contributed by atoms with Gasteiger partial charge in [-0.2, -0.15) is 0 Å².